The molecule has 0 aliphatic rings. The fourth-order valence-corrected chi connectivity index (χ4v) is 0. The summed E-state index contributed by atoms with van der Waals surface area (Å²) in [6, 6.07) is 0. The van der Waals surface area contributed by atoms with Gasteiger partial charge in [0.2, 0.25) is 0 Å². The third-order valence-corrected chi connectivity index (χ3v) is 0. The quantitative estimate of drug-likeness (QED) is 0.161. The molecule has 60 heavy (non-hydrogen) atoms. The second-order valence-corrected chi connectivity index (χ2v) is 0. The van der Waals surface area contributed by atoms with E-state index in [9.17, 15) is 0 Å². The van der Waals surface area contributed by atoms with Gasteiger partial charge < -0.3 is 219 Å². The number of rotatable bonds is 0. The Morgan fingerprint density at radius 2 is 0.0833 bits per heavy atom. The van der Waals surface area contributed by atoms with Gasteiger partial charge in [-0.2, -0.15) is 9.90 Å². The summed E-state index contributed by atoms with van der Waals surface area (Å²) in [4.78, 5) is 0. The van der Waals surface area contributed by atoms with Crippen LogP contribution in [0.15, 0.2) is 0 Å². The molecule has 60 heteroatoms. The zero-order chi connectivity index (χ0) is 0. The van der Waals surface area contributed by atoms with E-state index >= 15 is 0 Å². The molecule has 80 N–H and O–H groups in total. The molecule has 0 aromatic carbocycles. The molecule has 0 rings (SSSR count). The Kier molecular flexibility index (Phi) is 30000. The van der Waals surface area contributed by atoms with E-state index in [-0.39, 0.29) is 843 Å². The van der Waals surface area contributed by atoms with Gasteiger partial charge in [-0.25, -0.2) is 0 Å². The van der Waals surface area contributed by atoms with Gasteiger partial charge in [0, 0.05) is 614 Å². The molecule has 0 aromatic heterocycles. The van der Waals surface area contributed by atoms with E-state index < -0.39 is 0 Å². The fourth-order valence-electron chi connectivity index (χ4n) is 0. The Morgan fingerprint density at radius 1 is 0.0833 bits per heavy atom. The van der Waals surface area contributed by atoms with E-state index in [1.807, 2.05) is 0 Å². The van der Waals surface area contributed by atoms with Crippen molar-refractivity contribution in [3.05, 3.63) is 0 Å². The molecule has 0 saturated carbocycles. The third kappa shape index (κ3) is 1270. The Bertz CT molecular complexity index is 86.7. The molecule has 1 unspecified atom stereocenters. The zero-order valence-corrected chi connectivity index (χ0v) is 88.5. The molecule has 1 atom stereocenters. The van der Waals surface area contributed by atoms with E-state index in [0.717, 1.165) is 0 Å². The third-order valence-electron chi connectivity index (χ3n) is 0. The van der Waals surface area contributed by atoms with Crippen molar-refractivity contribution >= 4 is 370 Å². The summed E-state index contributed by atoms with van der Waals surface area (Å²) in [6.45, 7) is 0. The van der Waals surface area contributed by atoms with Gasteiger partial charge in [0.1, 0.15) is 0 Å². The van der Waals surface area contributed by atoms with E-state index in [4.69, 9.17) is 0 Å². The maximum absolute atomic E-state index is 0. The monoisotopic (exact) mass is 2960 g/mol. The second kappa shape index (κ2) is 1320. The second-order valence-electron chi connectivity index (χ2n) is 0. The number of hydrogen-bond donors (Lipinski definition) is 0. The molecule has 0 aromatic rings. The summed E-state index contributed by atoms with van der Waals surface area (Å²) in [5.41, 5.74) is 0. The van der Waals surface area contributed by atoms with E-state index in [0.29, 0.717) is 0 Å². The predicted molar refractivity (Wildman–Crippen MR) is 196 cm³/mol. The van der Waals surface area contributed by atoms with Crippen LogP contribution in [-0.2, 0) is 254 Å². The maximum Gasteiger partial charge on any atom is 0 e. The largest absolute Gasteiger partial charge is 0.412 e. The van der Waals surface area contributed by atoms with Gasteiger partial charge >= 0.3 is 0 Å². The van der Waals surface area contributed by atoms with Crippen molar-refractivity contribution in [2.45, 2.75) is 0 Å². The van der Waals surface area contributed by atoms with Crippen molar-refractivity contribution < 1.29 is 473 Å². The van der Waals surface area contributed by atoms with Crippen molar-refractivity contribution in [1.82, 2.24) is 0 Å². The van der Waals surface area contributed by atoms with Gasteiger partial charge in [-0.1, -0.05) is 0 Å². The Hall–Kier alpha value is 18.6. The van der Waals surface area contributed by atoms with Crippen LogP contribution in [0.1, 0.15) is 0 Å². The Labute approximate surface area is 819 Å². The van der Waals surface area contributed by atoms with Crippen LogP contribution in [0.2, 0.25) is 0 Å². The molecule has 0 bridgehead atoms. The minimum Gasteiger partial charge on any atom is -0.412 e. The van der Waals surface area contributed by atoms with Crippen LogP contribution in [0.5, 0.6) is 0 Å². The summed E-state index contributed by atoms with van der Waals surface area (Å²) >= 11 is 0. The first-order chi connectivity index (χ1) is 0. The van der Waals surface area contributed by atoms with E-state index in [1.165, 1.54) is 0 Å². The fraction of sp³-hybridized carbons (Fsp3) is 0. The summed E-state index contributed by atoms with van der Waals surface area (Å²) in [6.07, 6.45) is 0. The molecule has 0 aliphatic heterocycles. The molecule has 0 fully saturated rings. The standard InChI is InChI=1S/7K.40H2O.H3P.2Ti.10W/h;;;;;;;40*1H2;1H3;;;;;;;;;;;;. The van der Waals surface area contributed by atoms with E-state index in [2.05, 4.69) is 0 Å². The molecule has 403 valence electrons. The minimum atomic E-state index is 0. The van der Waals surface area contributed by atoms with E-state index in [1.54, 1.807) is 0 Å². The first-order valence-electron chi connectivity index (χ1n) is 0. The normalized spacial score (nSPS) is 0. The number of hydrogen-bond acceptors (Lipinski definition) is 0. The first kappa shape index (κ1) is 1370. The summed E-state index contributed by atoms with van der Waals surface area (Å²) in [7, 11) is 0. The van der Waals surface area contributed by atoms with Crippen molar-refractivity contribution in [1.29, 1.82) is 0 Å². The molecule has 40 nitrogen and oxygen atoms in total. The van der Waals surface area contributed by atoms with Crippen LogP contribution in [0.25, 0.3) is 0 Å². The van der Waals surface area contributed by atoms with Crippen LogP contribution < -0.4 is 0 Å². The molecular weight excluding hydrogens is 2880 g/mol. The average Bonchev–Trinajstić information content (AvgIpc) is 0. The maximum atomic E-state index is 0. The Balaban J connectivity index is 0. The molecule has 0 amide bonds. The van der Waals surface area contributed by atoms with Gasteiger partial charge in [-0.3, -0.25) is 0 Å². The van der Waals surface area contributed by atoms with Crippen LogP contribution >= 0.6 is 9.90 Å². The topological polar surface area (TPSA) is 1260 Å². The van der Waals surface area contributed by atoms with Crippen LogP contribution in [0.4, 0.5) is 0 Å². The molecule has 7 radical (unpaired) electrons. The van der Waals surface area contributed by atoms with Crippen molar-refractivity contribution in [2.75, 3.05) is 0 Å². The van der Waals surface area contributed by atoms with Gasteiger partial charge in [-0.05, 0) is 0 Å². The molecule has 0 aliphatic carbocycles. The van der Waals surface area contributed by atoms with Crippen LogP contribution in [0, 0.1) is 0 Å². The van der Waals surface area contributed by atoms with Gasteiger partial charge in [0.15, 0.2) is 0 Å². The van der Waals surface area contributed by atoms with Gasteiger partial charge in [0.25, 0.3) is 0 Å². The molecular formula is H83K7O40PTi2W10. The van der Waals surface area contributed by atoms with Gasteiger partial charge in [-0.15, -0.1) is 0 Å². The smallest absolute Gasteiger partial charge is 0 e. The van der Waals surface area contributed by atoms with Crippen molar-refractivity contribution in [2.24, 2.45) is 0 Å². The summed E-state index contributed by atoms with van der Waals surface area (Å²) < 4.78 is 0. The molecule has 0 heterocycles. The van der Waals surface area contributed by atoms with Crippen LogP contribution in [-0.4, -0.2) is 579 Å². The predicted octanol–water partition coefficient (Wildman–Crippen LogP) is -35.6. The van der Waals surface area contributed by atoms with Crippen LogP contribution in [0.3, 0.4) is 0 Å². The van der Waals surface area contributed by atoms with Crippen molar-refractivity contribution in [3.8, 4) is 0 Å². The Morgan fingerprint density at radius 3 is 0.0833 bits per heavy atom. The zero-order valence-electron chi connectivity index (χ0n) is 32.8. The first-order valence-corrected chi connectivity index (χ1v) is 0. The molecule has 0 saturated heterocycles. The minimum absolute atomic E-state index is 0. The summed E-state index contributed by atoms with van der Waals surface area (Å²) in [5.74, 6) is 0. The van der Waals surface area contributed by atoms with Crippen molar-refractivity contribution in [3.63, 3.8) is 0 Å². The average molecular weight is 2960 g/mol. The SMILES string of the molecule is O.O.O.O.O.O.O.O.O.O.O.O.O.O.O.O.O.O.O.O.O.O.O.O.O.O.O.O.O.O.O.O.O.O.O.O.O.O.O.O.P.[K].[K].[K].[K].[K].[K].[K].[Ti].[Ti].[W].[W].[W].[W].[W].[W].[W].[W].[W].[W]. The van der Waals surface area contributed by atoms with Gasteiger partial charge in [0.05, 0.1) is 0 Å². The molecule has 0 spiro atoms. The summed E-state index contributed by atoms with van der Waals surface area (Å²) in [5, 5.41) is 0.